The molecule has 0 saturated carbocycles. The van der Waals surface area contributed by atoms with Gasteiger partial charge in [-0.25, -0.2) is 0 Å². The van der Waals surface area contributed by atoms with Crippen LogP contribution in [0.4, 0.5) is 0 Å². The highest BCUT2D eigenvalue weighted by Gasteiger charge is 2.34. The summed E-state index contributed by atoms with van der Waals surface area (Å²) < 4.78 is 7.19. The standard InChI is InChI=1S/C18H25ClN4O2/c1-5-23-14(13(19)9-21-23)10-20-17(24)16-12-8-11(18(2,3)4)6-7-15(12)25-22-16/h9,11H,5-8,10H2,1-4H3,(H,20,24)/t11-/m1/s1. The van der Waals surface area contributed by atoms with Gasteiger partial charge < -0.3 is 9.84 Å². The first-order valence-corrected chi connectivity index (χ1v) is 9.14. The van der Waals surface area contributed by atoms with Crippen molar-refractivity contribution in [1.82, 2.24) is 20.3 Å². The van der Waals surface area contributed by atoms with E-state index in [0.29, 0.717) is 29.7 Å². The molecular weight excluding hydrogens is 340 g/mol. The Bertz CT molecular complexity index is 773. The van der Waals surface area contributed by atoms with Crippen molar-refractivity contribution >= 4 is 17.5 Å². The fourth-order valence-electron chi connectivity index (χ4n) is 3.41. The summed E-state index contributed by atoms with van der Waals surface area (Å²) in [6.07, 6.45) is 4.33. The van der Waals surface area contributed by atoms with Crippen LogP contribution >= 0.6 is 11.6 Å². The van der Waals surface area contributed by atoms with E-state index in [1.807, 2.05) is 6.92 Å². The maximum Gasteiger partial charge on any atom is 0.274 e. The number of carbonyl (C=O) groups excluding carboxylic acids is 1. The van der Waals surface area contributed by atoms with E-state index < -0.39 is 0 Å². The molecule has 0 fully saturated rings. The predicted molar refractivity (Wildman–Crippen MR) is 95.6 cm³/mol. The smallest absolute Gasteiger partial charge is 0.274 e. The lowest BCUT2D eigenvalue weighted by Gasteiger charge is -2.33. The Morgan fingerprint density at radius 3 is 2.92 bits per heavy atom. The summed E-state index contributed by atoms with van der Waals surface area (Å²) in [5.74, 6) is 1.14. The number of fused-ring (bicyclic) bond motifs is 1. The molecule has 0 radical (unpaired) electrons. The van der Waals surface area contributed by atoms with Gasteiger partial charge >= 0.3 is 0 Å². The van der Waals surface area contributed by atoms with Crippen molar-refractivity contribution in [2.75, 3.05) is 0 Å². The van der Waals surface area contributed by atoms with E-state index in [-0.39, 0.29) is 11.3 Å². The molecule has 1 aliphatic carbocycles. The van der Waals surface area contributed by atoms with Crippen LogP contribution in [0.3, 0.4) is 0 Å². The molecule has 25 heavy (non-hydrogen) atoms. The van der Waals surface area contributed by atoms with Crippen LogP contribution in [-0.2, 0) is 25.9 Å². The second-order valence-corrected chi connectivity index (χ2v) is 8.08. The number of aromatic nitrogens is 3. The molecule has 0 spiro atoms. The summed E-state index contributed by atoms with van der Waals surface area (Å²) >= 11 is 6.15. The van der Waals surface area contributed by atoms with Gasteiger partial charge in [-0.1, -0.05) is 37.5 Å². The number of nitrogens with zero attached hydrogens (tertiary/aromatic N) is 3. The molecule has 1 aliphatic rings. The lowest BCUT2D eigenvalue weighted by atomic mass is 9.71. The second-order valence-electron chi connectivity index (χ2n) is 7.68. The van der Waals surface area contributed by atoms with Gasteiger partial charge in [0.2, 0.25) is 0 Å². The second kappa shape index (κ2) is 6.83. The number of aryl methyl sites for hydroxylation is 2. The number of halogens is 1. The lowest BCUT2D eigenvalue weighted by molar-refractivity contribution is 0.0939. The molecule has 0 saturated heterocycles. The Kier molecular flexibility index (Phi) is 4.91. The van der Waals surface area contributed by atoms with Crippen LogP contribution in [0.25, 0.3) is 0 Å². The molecule has 1 atom stereocenters. The topological polar surface area (TPSA) is 73.0 Å². The van der Waals surface area contributed by atoms with Crippen LogP contribution in [0.2, 0.25) is 5.02 Å². The SMILES string of the molecule is CCn1ncc(Cl)c1CNC(=O)c1noc2c1C[C@H](C(C)(C)C)CC2. The van der Waals surface area contributed by atoms with Gasteiger partial charge in [0, 0.05) is 18.5 Å². The van der Waals surface area contributed by atoms with Gasteiger partial charge in [-0.2, -0.15) is 5.10 Å². The fourth-order valence-corrected chi connectivity index (χ4v) is 3.61. The number of amides is 1. The molecule has 2 aromatic rings. The van der Waals surface area contributed by atoms with Gasteiger partial charge in [0.25, 0.3) is 5.91 Å². The highest BCUT2D eigenvalue weighted by molar-refractivity contribution is 6.31. The fraction of sp³-hybridized carbons (Fsp3) is 0.611. The zero-order chi connectivity index (χ0) is 18.2. The molecule has 136 valence electrons. The van der Waals surface area contributed by atoms with Crippen LogP contribution in [0.15, 0.2) is 10.7 Å². The molecule has 0 aromatic carbocycles. The number of carbonyl (C=O) groups is 1. The molecule has 1 amide bonds. The van der Waals surface area contributed by atoms with Crippen molar-refractivity contribution in [2.24, 2.45) is 11.3 Å². The highest BCUT2D eigenvalue weighted by Crippen LogP contribution is 2.38. The van der Waals surface area contributed by atoms with Crippen molar-refractivity contribution in [2.45, 2.75) is 60.0 Å². The number of hydrogen-bond donors (Lipinski definition) is 1. The maximum absolute atomic E-state index is 12.6. The van der Waals surface area contributed by atoms with Crippen molar-refractivity contribution in [3.63, 3.8) is 0 Å². The van der Waals surface area contributed by atoms with Gasteiger partial charge in [-0.3, -0.25) is 9.48 Å². The van der Waals surface area contributed by atoms with Gasteiger partial charge in [0.1, 0.15) is 5.76 Å². The van der Waals surface area contributed by atoms with Gasteiger partial charge in [-0.05, 0) is 31.1 Å². The lowest BCUT2D eigenvalue weighted by Crippen LogP contribution is -2.29. The Hall–Kier alpha value is -1.82. The van der Waals surface area contributed by atoms with E-state index in [1.165, 1.54) is 0 Å². The zero-order valence-corrected chi connectivity index (χ0v) is 16.0. The van der Waals surface area contributed by atoms with E-state index in [9.17, 15) is 4.79 Å². The van der Waals surface area contributed by atoms with Crippen molar-refractivity contribution in [1.29, 1.82) is 0 Å². The summed E-state index contributed by atoms with van der Waals surface area (Å²) in [4.78, 5) is 12.6. The highest BCUT2D eigenvalue weighted by atomic mass is 35.5. The molecule has 2 aromatic heterocycles. The predicted octanol–water partition coefficient (Wildman–Crippen LogP) is 3.63. The number of hydrogen-bond acceptors (Lipinski definition) is 4. The molecule has 7 heteroatoms. The number of rotatable bonds is 4. The van der Waals surface area contributed by atoms with Crippen LogP contribution in [0.5, 0.6) is 0 Å². The third kappa shape index (κ3) is 3.59. The Morgan fingerprint density at radius 1 is 1.48 bits per heavy atom. The Morgan fingerprint density at radius 2 is 2.24 bits per heavy atom. The normalized spacial score (nSPS) is 17.4. The summed E-state index contributed by atoms with van der Waals surface area (Å²) in [6, 6.07) is 0. The third-order valence-corrected chi connectivity index (χ3v) is 5.41. The molecule has 6 nitrogen and oxygen atoms in total. The van der Waals surface area contributed by atoms with E-state index in [0.717, 1.165) is 36.3 Å². The quantitative estimate of drug-likeness (QED) is 0.899. The molecule has 0 bridgehead atoms. The van der Waals surface area contributed by atoms with Crippen LogP contribution in [0, 0.1) is 11.3 Å². The van der Waals surface area contributed by atoms with Crippen molar-refractivity contribution in [3.05, 3.63) is 33.9 Å². The monoisotopic (exact) mass is 364 g/mol. The maximum atomic E-state index is 12.6. The molecular formula is C18H25ClN4O2. The summed E-state index contributed by atoms with van der Waals surface area (Å²) in [5.41, 5.74) is 2.35. The van der Waals surface area contributed by atoms with E-state index in [1.54, 1.807) is 10.9 Å². The van der Waals surface area contributed by atoms with Crippen molar-refractivity contribution in [3.8, 4) is 0 Å². The van der Waals surface area contributed by atoms with Crippen LogP contribution < -0.4 is 5.32 Å². The van der Waals surface area contributed by atoms with Crippen LogP contribution in [0.1, 0.15) is 61.6 Å². The molecule has 1 N–H and O–H groups in total. The largest absolute Gasteiger partial charge is 0.360 e. The van der Waals surface area contributed by atoms with Gasteiger partial charge in [0.05, 0.1) is 23.5 Å². The minimum absolute atomic E-state index is 0.198. The minimum Gasteiger partial charge on any atom is -0.360 e. The van der Waals surface area contributed by atoms with E-state index in [4.69, 9.17) is 16.1 Å². The average Bonchev–Trinajstić information content (AvgIpc) is 3.14. The molecule has 0 unspecified atom stereocenters. The van der Waals surface area contributed by atoms with Crippen molar-refractivity contribution < 1.29 is 9.32 Å². The molecule has 0 aliphatic heterocycles. The first-order valence-electron chi connectivity index (χ1n) is 8.77. The summed E-state index contributed by atoms with van der Waals surface area (Å²) in [7, 11) is 0. The van der Waals surface area contributed by atoms with E-state index in [2.05, 4.69) is 36.3 Å². The third-order valence-electron chi connectivity index (χ3n) is 5.09. The minimum atomic E-state index is -0.223. The van der Waals surface area contributed by atoms with Crippen LogP contribution in [-0.4, -0.2) is 20.8 Å². The Balaban J connectivity index is 1.74. The zero-order valence-electron chi connectivity index (χ0n) is 15.2. The van der Waals surface area contributed by atoms with Gasteiger partial charge in [0.15, 0.2) is 5.69 Å². The first-order chi connectivity index (χ1) is 11.8. The van der Waals surface area contributed by atoms with Gasteiger partial charge in [-0.15, -0.1) is 0 Å². The number of nitrogens with one attached hydrogen (secondary N) is 1. The first kappa shape index (κ1) is 18.0. The summed E-state index contributed by atoms with van der Waals surface area (Å²) in [5, 5.41) is 11.7. The summed E-state index contributed by atoms with van der Waals surface area (Å²) in [6.45, 7) is 9.72. The molecule has 2 heterocycles. The molecule has 3 rings (SSSR count). The van der Waals surface area contributed by atoms with E-state index >= 15 is 0 Å². The average molecular weight is 365 g/mol. The Labute approximate surface area is 152 Å².